The van der Waals surface area contributed by atoms with Crippen molar-refractivity contribution in [1.29, 1.82) is 5.26 Å². The standard InChI is InChI=1S/C28H26N4O5/c1-36-27(34)23-22(16-7-4-3-5-8-16)20(15-29)26(30)32(25(23)28(35)37-2)19-13-17-9-6-12-31-21(33)11-10-18(14-19)24(17)31/h3-5,7-8,13-14,22H,6,9-12,30H2,1-2H3. The SMILES string of the molecule is COC(=O)C1=C(C(=O)OC)N(c2cc3c4c(c2)CCC(=O)N4CCC3)C(N)=C(C#N)C1c1ccccc1. The van der Waals surface area contributed by atoms with Gasteiger partial charge >= 0.3 is 11.9 Å². The highest BCUT2D eigenvalue weighted by molar-refractivity contribution is 6.06. The van der Waals surface area contributed by atoms with Crippen LogP contribution in [0, 0.1) is 11.3 Å². The number of nitriles is 1. The monoisotopic (exact) mass is 498 g/mol. The Morgan fingerprint density at radius 3 is 2.35 bits per heavy atom. The molecular weight excluding hydrogens is 472 g/mol. The quantitative estimate of drug-likeness (QED) is 0.638. The summed E-state index contributed by atoms with van der Waals surface area (Å²) in [6.07, 6.45) is 2.48. The first-order valence-corrected chi connectivity index (χ1v) is 12.0. The summed E-state index contributed by atoms with van der Waals surface area (Å²) in [5.74, 6) is -2.36. The molecule has 0 bridgehead atoms. The van der Waals surface area contributed by atoms with E-state index in [4.69, 9.17) is 15.2 Å². The Kier molecular flexibility index (Phi) is 6.17. The first kappa shape index (κ1) is 24.1. The Balaban J connectivity index is 1.79. The highest BCUT2D eigenvalue weighted by atomic mass is 16.5. The van der Waals surface area contributed by atoms with Gasteiger partial charge in [0.25, 0.3) is 0 Å². The number of rotatable bonds is 4. The predicted molar refractivity (Wildman–Crippen MR) is 135 cm³/mol. The topological polar surface area (TPSA) is 126 Å². The number of aryl methyl sites for hydroxylation is 2. The van der Waals surface area contributed by atoms with Crippen LogP contribution in [0.15, 0.2) is 65.1 Å². The number of ether oxygens (including phenoxy) is 2. The summed E-state index contributed by atoms with van der Waals surface area (Å²) in [5.41, 5.74) is 10.5. The van der Waals surface area contributed by atoms with Gasteiger partial charge in [-0.2, -0.15) is 5.26 Å². The normalized spacial score (nSPS) is 18.8. The first-order valence-electron chi connectivity index (χ1n) is 12.0. The predicted octanol–water partition coefficient (Wildman–Crippen LogP) is 2.81. The molecule has 3 aliphatic rings. The van der Waals surface area contributed by atoms with E-state index in [1.54, 1.807) is 24.3 Å². The molecule has 2 aromatic carbocycles. The molecule has 0 spiro atoms. The molecule has 9 nitrogen and oxygen atoms in total. The molecule has 0 aliphatic carbocycles. The van der Waals surface area contributed by atoms with Crippen molar-refractivity contribution in [1.82, 2.24) is 0 Å². The number of carbonyl (C=O) groups is 3. The lowest BCUT2D eigenvalue weighted by atomic mass is 9.80. The van der Waals surface area contributed by atoms with Gasteiger partial charge < -0.3 is 20.1 Å². The fourth-order valence-electron chi connectivity index (χ4n) is 5.55. The van der Waals surface area contributed by atoms with E-state index in [0.29, 0.717) is 30.6 Å². The fourth-order valence-corrected chi connectivity index (χ4v) is 5.55. The minimum Gasteiger partial charge on any atom is -0.466 e. The van der Waals surface area contributed by atoms with Gasteiger partial charge in [0.1, 0.15) is 11.5 Å². The van der Waals surface area contributed by atoms with Gasteiger partial charge in [-0.15, -0.1) is 0 Å². The molecule has 1 atom stereocenters. The number of hydrogen-bond acceptors (Lipinski definition) is 8. The molecule has 1 unspecified atom stereocenters. The molecule has 1 amide bonds. The maximum Gasteiger partial charge on any atom is 0.355 e. The maximum absolute atomic E-state index is 13.3. The third kappa shape index (κ3) is 3.82. The van der Waals surface area contributed by atoms with Gasteiger partial charge in [0, 0.05) is 18.7 Å². The van der Waals surface area contributed by atoms with Crippen LogP contribution in [0.25, 0.3) is 0 Å². The number of carbonyl (C=O) groups excluding carboxylic acids is 3. The second-order valence-corrected chi connectivity index (χ2v) is 9.10. The van der Waals surface area contributed by atoms with E-state index < -0.39 is 17.9 Å². The zero-order chi connectivity index (χ0) is 26.3. The largest absolute Gasteiger partial charge is 0.466 e. The zero-order valence-corrected chi connectivity index (χ0v) is 20.6. The number of amides is 1. The molecule has 0 aromatic heterocycles. The summed E-state index contributed by atoms with van der Waals surface area (Å²) in [4.78, 5) is 42.3. The third-order valence-electron chi connectivity index (χ3n) is 7.13. The van der Waals surface area contributed by atoms with Crippen molar-refractivity contribution in [3.63, 3.8) is 0 Å². The van der Waals surface area contributed by atoms with Crippen LogP contribution in [0.2, 0.25) is 0 Å². The summed E-state index contributed by atoms with van der Waals surface area (Å²) < 4.78 is 10.2. The minimum absolute atomic E-state index is 0.0242. The van der Waals surface area contributed by atoms with Crippen molar-refractivity contribution < 1.29 is 23.9 Å². The Morgan fingerprint density at radius 2 is 1.70 bits per heavy atom. The molecule has 5 rings (SSSR count). The maximum atomic E-state index is 13.3. The van der Waals surface area contributed by atoms with Crippen molar-refractivity contribution in [2.75, 3.05) is 30.6 Å². The smallest absolute Gasteiger partial charge is 0.355 e. The van der Waals surface area contributed by atoms with E-state index in [2.05, 4.69) is 6.07 Å². The van der Waals surface area contributed by atoms with Crippen LogP contribution >= 0.6 is 0 Å². The summed E-state index contributed by atoms with van der Waals surface area (Å²) in [6.45, 7) is 0.668. The number of methoxy groups -OCH3 is 2. The first-order chi connectivity index (χ1) is 17.9. The van der Waals surface area contributed by atoms with Crippen molar-refractivity contribution in [3.8, 4) is 6.07 Å². The molecule has 37 heavy (non-hydrogen) atoms. The van der Waals surface area contributed by atoms with Gasteiger partial charge in [-0.25, -0.2) is 9.59 Å². The molecule has 2 aromatic rings. The lowest BCUT2D eigenvalue weighted by Crippen LogP contribution is -2.42. The van der Waals surface area contributed by atoms with E-state index >= 15 is 0 Å². The molecule has 0 fully saturated rings. The molecule has 0 saturated heterocycles. The van der Waals surface area contributed by atoms with Gasteiger partial charge in [0.2, 0.25) is 5.91 Å². The number of anilines is 2. The van der Waals surface area contributed by atoms with Crippen LogP contribution in [0.5, 0.6) is 0 Å². The van der Waals surface area contributed by atoms with Crippen LogP contribution in [0.4, 0.5) is 11.4 Å². The van der Waals surface area contributed by atoms with Gasteiger partial charge in [-0.05, 0) is 48.1 Å². The van der Waals surface area contributed by atoms with E-state index in [1.165, 1.54) is 19.1 Å². The Bertz CT molecular complexity index is 1400. The van der Waals surface area contributed by atoms with Gasteiger partial charge in [-0.3, -0.25) is 9.69 Å². The molecule has 3 aliphatic heterocycles. The third-order valence-corrected chi connectivity index (χ3v) is 7.13. The van der Waals surface area contributed by atoms with E-state index in [1.807, 2.05) is 23.1 Å². The number of benzene rings is 2. The second-order valence-electron chi connectivity index (χ2n) is 9.10. The van der Waals surface area contributed by atoms with Crippen LogP contribution < -0.4 is 15.5 Å². The van der Waals surface area contributed by atoms with Gasteiger partial charge in [0.05, 0.1) is 43.0 Å². The lowest BCUT2D eigenvalue weighted by Gasteiger charge is -2.39. The van der Waals surface area contributed by atoms with Crippen LogP contribution in [-0.4, -0.2) is 38.6 Å². The van der Waals surface area contributed by atoms with Crippen molar-refractivity contribution in [2.45, 2.75) is 31.6 Å². The Labute approximate surface area is 214 Å². The lowest BCUT2D eigenvalue weighted by molar-refractivity contribution is -0.139. The average Bonchev–Trinajstić information content (AvgIpc) is 2.93. The number of nitrogens with zero attached hydrogens (tertiary/aromatic N) is 3. The second kappa shape index (κ2) is 9.47. The zero-order valence-electron chi connectivity index (χ0n) is 20.6. The molecule has 0 radical (unpaired) electrons. The van der Waals surface area contributed by atoms with Crippen molar-refractivity contribution >= 4 is 29.2 Å². The summed E-state index contributed by atoms with van der Waals surface area (Å²) in [5, 5.41) is 10.2. The molecule has 188 valence electrons. The fraction of sp³-hybridized carbons (Fsp3) is 0.286. The average molecular weight is 499 g/mol. The van der Waals surface area contributed by atoms with Crippen LogP contribution in [-0.2, 0) is 36.7 Å². The molecule has 2 N–H and O–H groups in total. The number of esters is 2. The number of hydrogen-bond donors (Lipinski definition) is 1. The van der Waals surface area contributed by atoms with E-state index in [-0.39, 0.29) is 28.6 Å². The van der Waals surface area contributed by atoms with E-state index in [0.717, 1.165) is 29.7 Å². The van der Waals surface area contributed by atoms with Gasteiger partial charge in [0.15, 0.2) is 0 Å². The summed E-state index contributed by atoms with van der Waals surface area (Å²) >= 11 is 0. The molecule has 3 heterocycles. The van der Waals surface area contributed by atoms with Crippen molar-refractivity contribution in [2.24, 2.45) is 5.73 Å². The van der Waals surface area contributed by atoms with Crippen molar-refractivity contribution in [3.05, 3.63) is 81.8 Å². The van der Waals surface area contributed by atoms with Crippen LogP contribution in [0.1, 0.15) is 35.4 Å². The number of nitrogens with two attached hydrogens (primary N) is 1. The van der Waals surface area contributed by atoms with E-state index in [9.17, 15) is 19.6 Å². The Hall–Kier alpha value is -4.58. The Morgan fingerprint density at radius 1 is 1.03 bits per heavy atom. The summed E-state index contributed by atoms with van der Waals surface area (Å²) in [7, 11) is 2.44. The number of allylic oxidation sites excluding steroid dienone is 1. The molecule has 0 saturated carbocycles. The highest BCUT2D eigenvalue weighted by Gasteiger charge is 2.43. The summed E-state index contributed by atoms with van der Waals surface area (Å²) in [6, 6.07) is 14.8. The molecular formula is C28H26N4O5. The molecule has 9 heteroatoms. The van der Waals surface area contributed by atoms with Gasteiger partial charge in [-0.1, -0.05) is 30.3 Å². The minimum atomic E-state index is -0.923. The highest BCUT2D eigenvalue weighted by Crippen LogP contribution is 2.45. The van der Waals surface area contributed by atoms with Crippen LogP contribution in [0.3, 0.4) is 0 Å².